The molecule has 0 amide bonds. The summed E-state index contributed by atoms with van der Waals surface area (Å²) in [5.74, 6) is 0. The van der Waals surface area contributed by atoms with E-state index in [2.05, 4.69) is 22.4 Å². The second-order valence-corrected chi connectivity index (χ2v) is 4.01. The van der Waals surface area contributed by atoms with Gasteiger partial charge >= 0.3 is 0 Å². The fourth-order valence-electron chi connectivity index (χ4n) is 2.04. The number of rotatable bonds is 5. The Kier molecular flexibility index (Phi) is 3.19. The van der Waals surface area contributed by atoms with E-state index in [1.807, 2.05) is 0 Å². The second-order valence-electron chi connectivity index (χ2n) is 4.01. The second kappa shape index (κ2) is 4.60. The van der Waals surface area contributed by atoms with Crippen LogP contribution in [-0.4, -0.2) is 16.7 Å². The maximum Gasteiger partial charge on any atom is 0.0794 e. The molecule has 1 aromatic heterocycles. The van der Waals surface area contributed by atoms with Crippen LogP contribution in [0.25, 0.3) is 0 Å². The van der Waals surface area contributed by atoms with Gasteiger partial charge in [-0.3, -0.25) is 5.10 Å². The van der Waals surface area contributed by atoms with Gasteiger partial charge in [0.25, 0.3) is 0 Å². The summed E-state index contributed by atoms with van der Waals surface area (Å²) in [7, 11) is 0. The lowest BCUT2D eigenvalue weighted by atomic mass is 10.2. The monoisotopic (exact) mass is 193 g/mol. The maximum absolute atomic E-state index is 4.35. The molecular weight excluding hydrogens is 174 g/mol. The molecule has 0 radical (unpaired) electrons. The van der Waals surface area contributed by atoms with Crippen LogP contribution in [0.1, 0.15) is 43.1 Å². The minimum absolute atomic E-state index is 0.936. The summed E-state index contributed by atoms with van der Waals surface area (Å²) in [5.41, 5.74) is 4.10. The summed E-state index contributed by atoms with van der Waals surface area (Å²) in [6.45, 7) is 4.26. The van der Waals surface area contributed by atoms with E-state index in [1.54, 1.807) is 0 Å². The molecule has 0 fully saturated rings. The van der Waals surface area contributed by atoms with Crippen molar-refractivity contribution < 1.29 is 0 Å². The molecule has 0 saturated carbocycles. The summed E-state index contributed by atoms with van der Waals surface area (Å²) in [6.07, 6.45) is 6.22. The number of hydrogen-bond donors (Lipinski definition) is 2. The molecule has 1 aliphatic carbocycles. The Morgan fingerprint density at radius 1 is 1.43 bits per heavy atom. The summed E-state index contributed by atoms with van der Waals surface area (Å²) >= 11 is 0. The highest BCUT2D eigenvalue weighted by Crippen LogP contribution is 2.22. The minimum Gasteiger partial charge on any atom is -0.311 e. The Morgan fingerprint density at radius 2 is 2.36 bits per heavy atom. The first-order chi connectivity index (χ1) is 6.92. The van der Waals surface area contributed by atoms with Crippen LogP contribution in [0.15, 0.2) is 0 Å². The lowest BCUT2D eigenvalue weighted by molar-refractivity contribution is 0.628. The first-order valence-electron chi connectivity index (χ1n) is 5.67. The average Bonchev–Trinajstić information content (AvgIpc) is 2.75. The topological polar surface area (TPSA) is 40.7 Å². The lowest BCUT2D eigenvalue weighted by Crippen LogP contribution is -2.15. The predicted octanol–water partition coefficient (Wildman–Crippen LogP) is 1.79. The summed E-state index contributed by atoms with van der Waals surface area (Å²) in [4.78, 5) is 0. The van der Waals surface area contributed by atoms with E-state index < -0.39 is 0 Å². The van der Waals surface area contributed by atoms with Crippen molar-refractivity contribution in [3.8, 4) is 0 Å². The molecule has 0 bridgehead atoms. The van der Waals surface area contributed by atoms with Gasteiger partial charge in [0.05, 0.1) is 5.69 Å². The van der Waals surface area contributed by atoms with Crippen molar-refractivity contribution in [2.24, 2.45) is 0 Å². The third-order valence-corrected chi connectivity index (χ3v) is 2.89. The zero-order chi connectivity index (χ0) is 9.80. The van der Waals surface area contributed by atoms with Crippen LogP contribution < -0.4 is 5.32 Å². The summed E-state index contributed by atoms with van der Waals surface area (Å²) in [6, 6.07) is 0. The van der Waals surface area contributed by atoms with E-state index in [0.29, 0.717) is 0 Å². The highest BCUT2D eigenvalue weighted by molar-refractivity contribution is 5.29. The average molecular weight is 193 g/mol. The van der Waals surface area contributed by atoms with E-state index in [0.717, 1.165) is 13.1 Å². The van der Waals surface area contributed by atoms with E-state index in [9.17, 15) is 0 Å². The van der Waals surface area contributed by atoms with Gasteiger partial charge in [-0.2, -0.15) is 5.10 Å². The SMILES string of the molecule is CCCCNCc1n[nH]c2c1CCC2. The minimum atomic E-state index is 0.936. The zero-order valence-electron chi connectivity index (χ0n) is 8.90. The number of H-pyrrole nitrogens is 1. The first kappa shape index (κ1) is 9.71. The lowest BCUT2D eigenvalue weighted by Gasteiger charge is -2.02. The third-order valence-electron chi connectivity index (χ3n) is 2.89. The van der Waals surface area contributed by atoms with Gasteiger partial charge in [-0.15, -0.1) is 0 Å². The summed E-state index contributed by atoms with van der Waals surface area (Å²) < 4.78 is 0. The molecule has 0 unspecified atom stereocenters. The molecule has 0 aliphatic heterocycles. The molecule has 0 aromatic carbocycles. The van der Waals surface area contributed by atoms with Crippen LogP contribution in [0, 0.1) is 0 Å². The molecule has 1 aliphatic rings. The van der Waals surface area contributed by atoms with Crippen LogP contribution in [0.4, 0.5) is 0 Å². The van der Waals surface area contributed by atoms with Crippen LogP contribution in [-0.2, 0) is 19.4 Å². The maximum atomic E-state index is 4.35. The standard InChI is InChI=1S/C11H19N3/c1-2-3-7-12-8-11-9-5-4-6-10(9)13-14-11/h12H,2-8H2,1H3,(H,13,14). The van der Waals surface area contributed by atoms with Crippen LogP contribution in [0.3, 0.4) is 0 Å². The van der Waals surface area contributed by atoms with Crippen molar-refractivity contribution in [2.45, 2.75) is 45.6 Å². The van der Waals surface area contributed by atoms with E-state index >= 15 is 0 Å². The molecule has 2 rings (SSSR count). The van der Waals surface area contributed by atoms with Gasteiger partial charge in [-0.05, 0) is 37.8 Å². The van der Waals surface area contributed by atoms with Gasteiger partial charge in [0, 0.05) is 12.2 Å². The number of aromatic amines is 1. The highest BCUT2D eigenvalue weighted by atomic mass is 15.1. The normalized spacial score (nSPS) is 14.6. The summed E-state index contributed by atoms with van der Waals surface area (Å²) in [5, 5.41) is 10.9. The fourth-order valence-corrected chi connectivity index (χ4v) is 2.04. The number of nitrogens with zero attached hydrogens (tertiary/aromatic N) is 1. The molecular formula is C11H19N3. The van der Waals surface area contributed by atoms with Gasteiger partial charge < -0.3 is 5.32 Å². The molecule has 78 valence electrons. The van der Waals surface area contributed by atoms with Crippen LogP contribution in [0.5, 0.6) is 0 Å². The number of hydrogen-bond acceptors (Lipinski definition) is 2. The molecule has 2 N–H and O–H groups in total. The number of aromatic nitrogens is 2. The number of fused-ring (bicyclic) bond motifs is 1. The van der Waals surface area contributed by atoms with E-state index in [1.165, 1.54) is 49.1 Å². The van der Waals surface area contributed by atoms with Crippen LogP contribution in [0.2, 0.25) is 0 Å². The molecule has 3 heteroatoms. The van der Waals surface area contributed by atoms with Gasteiger partial charge in [-0.1, -0.05) is 13.3 Å². The zero-order valence-corrected chi connectivity index (χ0v) is 8.90. The van der Waals surface area contributed by atoms with Gasteiger partial charge in [0.1, 0.15) is 0 Å². The van der Waals surface area contributed by atoms with Crippen molar-refractivity contribution in [3.63, 3.8) is 0 Å². The number of nitrogens with one attached hydrogen (secondary N) is 2. The van der Waals surface area contributed by atoms with Crippen LogP contribution >= 0.6 is 0 Å². The van der Waals surface area contributed by atoms with Crippen molar-refractivity contribution in [1.82, 2.24) is 15.5 Å². The van der Waals surface area contributed by atoms with Gasteiger partial charge in [-0.25, -0.2) is 0 Å². The molecule has 1 heterocycles. The Bertz CT molecular complexity index is 291. The largest absolute Gasteiger partial charge is 0.311 e. The first-order valence-corrected chi connectivity index (χ1v) is 5.67. The molecule has 3 nitrogen and oxygen atoms in total. The van der Waals surface area contributed by atoms with E-state index in [-0.39, 0.29) is 0 Å². The smallest absolute Gasteiger partial charge is 0.0794 e. The molecule has 14 heavy (non-hydrogen) atoms. The third kappa shape index (κ3) is 1.98. The molecule has 0 atom stereocenters. The Balaban J connectivity index is 1.84. The van der Waals surface area contributed by atoms with Crippen molar-refractivity contribution >= 4 is 0 Å². The molecule has 0 spiro atoms. The Morgan fingerprint density at radius 3 is 3.21 bits per heavy atom. The Labute approximate surface area is 85.3 Å². The quantitative estimate of drug-likeness (QED) is 0.700. The van der Waals surface area contributed by atoms with Crippen molar-refractivity contribution in [1.29, 1.82) is 0 Å². The fraction of sp³-hybridized carbons (Fsp3) is 0.727. The predicted molar refractivity (Wildman–Crippen MR) is 57.2 cm³/mol. The highest BCUT2D eigenvalue weighted by Gasteiger charge is 2.17. The molecule has 1 aromatic rings. The Hall–Kier alpha value is -0.830. The van der Waals surface area contributed by atoms with E-state index in [4.69, 9.17) is 0 Å². The van der Waals surface area contributed by atoms with Crippen molar-refractivity contribution in [2.75, 3.05) is 6.54 Å². The van der Waals surface area contributed by atoms with Crippen molar-refractivity contribution in [3.05, 3.63) is 17.0 Å². The van der Waals surface area contributed by atoms with Gasteiger partial charge in [0.2, 0.25) is 0 Å². The molecule has 0 saturated heterocycles. The van der Waals surface area contributed by atoms with Gasteiger partial charge in [0.15, 0.2) is 0 Å². The number of aryl methyl sites for hydroxylation is 1. The number of unbranched alkanes of at least 4 members (excludes halogenated alkanes) is 1.